The number of aliphatic hydroxyl groups is 3. The van der Waals surface area contributed by atoms with Crippen LogP contribution < -0.4 is 5.32 Å². The number of ether oxygens (including phenoxy) is 5. The normalized spacial score (nSPS) is 28.1. The van der Waals surface area contributed by atoms with Gasteiger partial charge in [-0.15, -0.1) is 0 Å². The van der Waals surface area contributed by atoms with Crippen LogP contribution in [-0.4, -0.2) is 106 Å². The van der Waals surface area contributed by atoms with Crippen molar-refractivity contribution in [3.8, 4) is 0 Å². The van der Waals surface area contributed by atoms with Crippen LogP contribution in [0.4, 0.5) is 0 Å². The first kappa shape index (κ1) is 45.8. The lowest BCUT2D eigenvalue weighted by molar-refractivity contribution is -0.215. The number of carbonyl (C=O) groups excluding carboxylic acids is 6. The highest BCUT2D eigenvalue weighted by atomic mass is 16.6. The summed E-state index contributed by atoms with van der Waals surface area (Å²) in [4.78, 5) is 81.3. The summed E-state index contributed by atoms with van der Waals surface area (Å²) in [7, 11) is 0. The molecular weight excluding hydrogens is 803 g/mol. The first-order chi connectivity index (χ1) is 29.3. The highest BCUT2D eigenvalue weighted by Crippen LogP contribution is 2.57. The fraction of sp³-hybridized carbons (Fsp3) is 0.447. The highest BCUT2D eigenvalue weighted by molar-refractivity contribution is 5.96. The number of rotatable bonds is 13. The molecule has 4 N–H and O–H groups in total. The number of benzene rings is 3. The number of fused-ring (bicyclic) bond motifs is 2. The Bertz CT molecular complexity index is 2190. The molecule has 1 saturated heterocycles. The van der Waals surface area contributed by atoms with Gasteiger partial charge in [0, 0.05) is 44.1 Å². The molecule has 10 atom stereocenters. The number of aliphatic hydroxyl groups excluding tert-OH is 2. The van der Waals surface area contributed by atoms with Gasteiger partial charge in [-0.3, -0.25) is 19.2 Å². The summed E-state index contributed by atoms with van der Waals surface area (Å²) < 4.78 is 28.9. The summed E-state index contributed by atoms with van der Waals surface area (Å²) in [6.45, 7) is 8.50. The summed E-state index contributed by atoms with van der Waals surface area (Å²) in [6.07, 6.45) is -11.1. The van der Waals surface area contributed by atoms with Crippen molar-refractivity contribution in [1.29, 1.82) is 0 Å². The van der Waals surface area contributed by atoms with Gasteiger partial charge < -0.3 is 44.3 Å². The minimum absolute atomic E-state index is 0.0206. The van der Waals surface area contributed by atoms with Gasteiger partial charge in [-0.25, -0.2) is 9.59 Å². The molecule has 0 spiro atoms. The van der Waals surface area contributed by atoms with Crippen molar-refractivity contribution >= 4 is 35.6 Å². The quantitative estimate of drug-likeness (QED) is 0.108. The Hall–Kier alpha value is -5.74. The average molecular weight is 856 g/mol. The Labute approximate surface area is 359 Å². The summed E-state index contributed by atoms with van der Waals surface area (Å²) in [5.74, 6) is -4.90. The number of nitrogens with one attached hydrogen (secondary N) is 1. The first-order valence-electron chi connectivity index (χ1n) is 20.5. The predicted octanol–water partition coefficient (Wildman–Crippen LogP) is 4.13. The van der Waals surface area contributed by atoms with Crippen molar-refractivity contribution in [2.24, 2.45) is 10.8 Å². The molecule has 3 aromatic rings. The monoisotopic (exact) mass is 855 g/mol. The Morgan fingerprint density at radius 3 is 1.90 bits per heavy atom. The van der Waals surface area contributed by atoms with E-state index in [1.807, 2.05) is 0 Å². The number of Topliss-reactive ketones (excluding diaryl/α,β-unsaturated/α-hetero) is 1. The maximum atomic E-state index is 15.2. The summed E-state index contributed by atoms with van der Waals surface area (Å²) in [5, 5.41) is 39.7. The van der Waals surface area contributed by atoms with Gasteiger partial charge in [0.15, 0.2) is 24.1 Å². The van der Waals surface area contributed by atoms with Crippen LogP contribution in [-0.2, 0) is 42.9 Å². The molecule has 0 unspecified atom stereocenters. The van der Waals surface area contributed by atoms with Crippen LogP contribution in [0.1, 0.15) is 93.1 Å². The molecule has 1 aliphatic heterocycles. The lowest BCUT2D eigenvalue weighted by atomic mass is 9.53. The summed E-state index contributed by atoms with van der Waals surface area (Å²) >= 11 is 0. The zero-order chi connectivity index (χ0) is 45.1. The smallest absolute Gasteiger partial charge is 0.338 e. The maximum Gasteiger partial charge on any atom is 0.338 e. The van der Waals surface area contributed by atoms with Gasteiger partial charge in [-0.2, -0.15) is 0 Å². The number of carbonyl (C=O) groups is 6. The lowest BCUT2D eigenvalue weighted by Gasteiger charge is -2.57. The Morgan fingerprint density at radius 2 is 1.35 bits per heavy atom. The first-order valence-corrected chi connectivity index (χ1v) is 20.5. The minimum Gasteiger partial charge on any atom is -0.457 e. The standard InChI is InChI=1S/C47H53NO14/c1-26-33(61-44(56)39(52)38(29-16-10-7-11-17-29)48-42(54)30-18-12-8-13-19-30)23-47(57)36(62-43(55)31-20-14-9-15-21-31)24-46(6,35(51)22-32-34(25-58-32)59-27(2)49)41(53)40(60-28(3)50)37(26)45(47,4)5/h7-21,32-36,38-40,51-52,57H,22-25H2,1-6H3,(H,48,54)/t32-,33+,34+,35+,36+,38+,39-,40-,46+,47-/m1/s1. The van der Waals surface area contributed by atoms with E-state index in [1.54, 1.807) is 92.7 Å². The Balaban J connectivity index is 1.43. The molecule has 1 amide bonds. The number of hydrogen-bond acceptors (Lipinski definition) is 14. The van der Waals surface area contributed by atoms with Gasteiger partial charge in [-0.1, -0.05) is 80.6 Å². The summed E-state index contributed by atoms with van der Waals surface area (Å²) in [6, 6.07) is 23.1. The van der Waals surface area contributed by atoms with Gasteiger partial charge in [0.25, 0.3) is 5.91 Å². The molecule has 0 aromatic heterocycles. The van der Waals surface area contributed by atoms with Crippen LogP contribution in [0.2, 0.25) is 0 Å². The number of hydrogen-bond donors (Lipinski definition) is 4. The van der Waals surface area contributed by atoms with Crippen LogP contribution in [0.3, 0.4) is 0 Å². The average Bonchev–Trinajstić information content (AvgIpc) is 3.24. The molecule has 330 valence electrons. The molecule has 15 heteroatoms. The fourth-order valence-corrected chi connectivity index (χ4v) is 8.86. The Morgan fingerprint density at radius 1 is 0.790 bits per heavy atom. The predicted molar refractivity (Wildman–Crippen MR) is 220 cm³/mol. The van der Waals surface area contributed by atoms with Crippen LogP contribution in [0.25, 0.3) is 0 Å². The van der Waals surface area contributed by atoms with Crippen LogP contribution in [0.5, 0.6) is 0 Å². The molecule has 3 aromatic carbocycles. The van der Waals surface area contributed by atoms with Gasteiger partial charge in [-0.05, 0) is 54.8 Å². The molecule has 1 saturated carbocycles. The number of amides is 1. The van der Waals surface area contributed by atoms with Crippen LogP contribution in [0, 0.1) is 10.8 Å². The van der Waals surface area contributed by atoms with Crippen molar-refractivity contribution in [2.45, 2.75) is 115 Å². The fourth-order valence-electron chi connectivity index (χ4n) is 8.86. The molecule has 3 aliphatic rings. The molecule has 2 aliphatic carbocycles. The highest BCUT2D eigenvalue weighted by Gasteiger charge is 2.66. The second-order valence-corrected chi connectivity index (χ2v) is 17.0. The van der Waals surface area contributed by atoms with E-state index in [9.17, 15) is 39.3 Å². The van der Waals surface area contributed by atoms with E-state index in [1.165, 1.54) is 32.9 Å². The molecular formula is C47H53NO14. The molecule has 2 bridgehead atoms. The van der Waals surface area contributed by atoms with E-state index < -0.39 is 114 Å². The van der Waals surface area contributed by atoms with E-state index in [2.05, 4.69) is 5.32 Å². The van der Waals surface area contributed by atoms with Crippen LogP contribution in [0.15, 0.2) is 102 Å². The van der Waals surface area contributed by atoms with E-state index in [0.717, 1.165) is 6.92 Å². The third-order valence-corrected chi connectivity index (χ3v) is 12.6. The maximum absolute atomic E-state index is 15.2. The van der Waals surface area contributed by atoms with Crippen molar-refractivity contribution in [3.63, 3.8) is 0 Å². The molecule has 6 rings (SSSR count). The van der Waals surface area contributed by atoms with E-state index in [0.29, 0.717) is 5.56 Å². The van der Waals surface area contributed by atoms with Gasteiger partial charge in [0.05, 0.1) is 35.8 Å². The number of ketones is 1. The van der Waals surface area contributed by atoms with Crippen molar-refractivity contribution < 1.29 is 67.8 Å². The van der Waals surface area contributed by atoms with Gasteiger partial charge >= 0.3 is 23.9 Å². The minimum atomic E-state index is -2.23. The topological polar surface area (TPSA) is 221 Å². The number of esters is 4. The van der Waals surface area contributed by atoms with Crippen molar-refractivity contribution in [1.82, 2.24) is 5.32 Å². The largest absolute Gasteiger partial charge is 0.457 e. The van der Waals surface area contributed by atoms with Gasteiger partial charge in [0.1, 0.15) is 17.8 Å². The SMILES string of the molecule is CC(=O)O[C@H]1C(=O)[C@](C)([C@@H](O)C[C@H]2OC[C@@H]2OC(C)=O)C[C@H](OC(=O)c2ccccc2)[C@]2(O)C[C@H](OC(=O)[C@H](O)[C@@H](NC(=O)c3ccccc3)c3ccccc3)C(C)=C1C2(C)C. The molecule has 2 fully saturated rings. The molecule has 15 nitrogen and oxygen atoms in total. The Kier molecular flexibility index (Phi) is 13.5. The lowest BCUT2D eigenvalue weighted by Crippen LogP contribution is -2.67. The van der Waals surface area contributed by atoms with Gasteiger partial charge in [0.2, 0.25) is 0 Å². The zero-order valence-corrected chi connectivity index (χ0v) is 35.4. The third kappa shape index (κ3) is 9.07. The summed E-state index contributed by atoms with van der Waals surface area (Å²) in [5.41, 5.74) is -4.73. The molecule has 0 radical (unpaired) electrons. The van der Waals surface area contributed by atoms with E-state index in [4.69, 9.17) is 23.7 Å². The van der Waals surface area contributed by atoms with E-state index >= 15 is 4.79 Å². The second-order valence-electron chi connectivity index (χ2n) is 17.0. The van der Waals surface area contributed by atoms with Crippen LogP contribution >= 0.6 is 0 Å². The second kappa shape index (κ2) is 18.3. The molecule has 62 heavy (non-hydrogen) atoms. The molecule has 1 heterocycles. The zero-order valence-electron chi connectivity index (χ0n) is 35.4. The van der Waals surface area contributed by atoms with Crippen molar-refractivity contribution in [2.75, 3.05) is 6.61 Å². The van der Waals surface area contributed by atoms with Crippen molar-refractivity contribution in [3.05, 3.63) is 119 Å². The van der Waals surface area contributed by atoms with E-state index in [-0.39, 0.29) is 35.3 Å². The third-order valence-electron chi connectivity index (χ3n) is 12.6.